The Kier molecular flexibility index (Phi) is 3.67. The van der Waals surface area contributed by atoms with E-state index in [1.54, 1.807) is 6.07 Å². The highest BCUT2D eigenvalue weighted by atomic mass is 16.7. The van der Waals surface area contributed by atoms with Crippen molar-refractivity contribution in [2.75, 3.05) is 20.2 Å². The van der Waals surface area contributed by atoms with Crippen molar-refractivity contribution in [1.29, 1.82) is 0 Å². The summed E-state index contributed by atoms with van der Waals surface area (Å²) in [6.45, 7) is 4.31. The molecule has 2 aliphatic carbocycles. The molecule has 0 amide bonds. The summed E-state index contributed by atoms with van der Waals surface area (Å²) in [7, 11) is 2.02. The highest BCUT2D eigenvalue weighted by Crippen LogP contribution is 2.64. The number of piperidine rings is 1. The Balaban J connectivity index is 1.65. The summed E-state index contributed by atoms with van der Waals surface area (Å²) in [5.41, 5.74) is 0.0534. The summed E-state index contributed by atoms with van der Waals surface area (Å²) in [4.78, 5) is 27.0. The molecule has 28 heavy (non-hydrogen) atoms. The summed E-state index contributed by atoms with van der Waals surface area (Å²) < 4.78 is 16.4. The third kappa shape index (κ3) is 2.01. The van der Waals surface area contributed by atoms with Crippen LogP contribution in [0.2, 0.25) is 0 Å². The molecule has 0 unspecified atom stereocenters. The van der Waals surface area contributed by atoms with Crippen molar-refractivity contribution < 1.29 is 28.9 Å². The Morgan fingerprint density at radius 2 is 2.29 bits per heavy atom. The lowest BCUT2D eigenvalue weighted by Gasteiger charge is -2.61. The fraction of sp³-hybridized carbons (Fsp3) is 0.524. The molecule has 7 nitrogen and oxygen atoms in total. The topological polar surface area (TPSA) is 85.3 Å². The van der Waals surface area contributed by atoms with Gasteiger partial charge in [-0.1, -0.05) is 18.7 Å². The first kappa shape index (κ1) is 17.7. The number of nitrogens with zero attached hydrogens (tertiary/aromatic N) is 1. The fourth-order valence-corrected chi connectivity index (χ4v) is 5.85. The number of benzene rings is 1. The van der Waals surface area contributed by atoms with Crippen molar-refractivity contribution in [1.82, 2.24) is 4.90 Å². The maximum atomic E-state index is 12.8. The van der Waals surface area contributed by atoms with Gasteiger partial charge in [0.25, 0.3) is 0 Å². The van der Waals surface area contributed by atoms with Gasteiger partial charge in [0.05, 0.1) is 11.0 Å². The summed E-state index contributed by atoms with van der Waals surface area (Å²) in [5, 5.41) is 11.9. The van der Waals surface area contributed by atoms with Crippen LogP contribution in [-0.2, 0) is 21.4 Å². The number of aliphatic hydroxyl groups is 1. The third-order valence-corrected chi connectivity index (χ3v) is 7.02. The Morgan fingerprint density at radius 1 is 1.46 bits per heavy atom. The summed E-state index contributed by atoms with van der Waals surface area (Å²) in [6.07, 6.45) is 1.85. The molecule has 1 aromatic rings. The van der Waals surface area contributed by atoms with Crippen LogP contribution in [0.5, 0.6) is 11.5 Å². The molecular weight excluding hydrogens is 362 g/mol. The van der Waals surface area contributed by atoms with E-state index in [-0.39, 0.29) is 30.6 Å². The number of carbonyl (C=O) groups is 2. The van der Waals surface area contributed by atoms with Gasteiger partial charge in [0.1, 0.15) is 6.61 Å². The lowest BCUT2D eigenvalue weighted by Crippen LogP contribution is -2.76. The van der Waals surface area contributed by atoms with E-state index in [1.807, 2.05) is 13.1 Å². The van der Waals surface area contributed by atoms with Crippen LogP contribution < -0.4 is 9.47 Å². The van der Waals surface area contributed by atoms with Crippen LogP contribution in [0.1, 0.15) is 30.4 Å². The van der Waals surface area contributed by atoms with Crippen molar-refractivity contribution in [2.24, 2.45) is 0 Å². The van der Waals surface area contributed by atoms with Gasteiger partial charge in [0, 0.05) is 18.0 Å². The number of hydrogen-bond acceptors (Lipinski definition) is 7. The molecule has 7 heteroatoms. The molecule has 1 N–H and O–H groups in total. The Morgan fingerprint density at radius 3 is 3.07 bits per heavy atom. The van der Waals surface area contributed by atoms with Crippen LogP contribution in [0, 0.1) is 0 Å². The average molecular weight is 385 g/mol. The van der Waals surface area contributed by atoms with E-state index in [4.69, 9.17) is 14.2 Å². The van der Waals surface area contributed by atoms with Gasteiger partial charge < -0.3 is 24.2 Å². The second-order valence-corrected chi connectivity index (χ2v) is 8.19. The minimum absolute atomic E-state index is 0.00258. The molecule has 4 atom stereocenters. The van der Waals surface area contributed by atoms with E-state index >= 15 is 0 Å². The van der Waals surface area contributed by atoms with Crippen LogP contribution in [0.25, 0.3) is 0 Å². The van der Waals surface area contributed by atoms with Crippen molar-refractivity contribution in [2.45, 2.75) is 48.8 Å². The quantitative estimate of drug-likeness (QED) is 0.482. The first-order valence-electron chi connectivity index (χ1n) is 9.66. The van der Waals surface area contributed by atoms with E-state index in [0.717, 1.165) is 17.7 Å². The molecule has 5 rings (SSSR count). The molecule has 2 bridgehead atoms. The molecule has 148 valence electrons. The standard InChI is InChI=1S/C21H23NO6/c1-3-10-26-19(24)27-14-5-4-12-11-15-21(25)7-6-13(23)18-20(21,8-9-22(15)2)16(12)17(14)28-18/h3-5,15,18,25H,1,6-11H2,2H3/t15-,18+,20+,21-/m1/s1. The molecule has 4 aliphatic rings. The largest absolute Gasteiger partial charge is 0.514 e. The Labute approximate surface area is 162 Å². The molecule has 2 fully saturated rings. The van der Waals surface area contributed by atoms with Crippen LogP contribution in [0.3, 0.4) is 0 Å². The number of Topliss-reactive ketones (excluding diaryl/α,β-unsaturated/α-hetero) is 1. The van der Waals surface area contributed by atoms with Crippen LogP contribution in [0.15, 0.2) is 24.8 Å². The highest BCUT2D eigenvalue weighted by molar-refractivity contribution is 5.90. The third-order valence-electron chi connectivity index (χ3n) is 7.02. The Hall–Kier alpha value is -2.38. The lowest BCUT2D eigenvalue weighted by molar-refractivity contribution is -0.185. The van der Waals surface area contributed by atoms with E-state index in [0.29, 0.717) is 25.0 Å². The van der Waals surface area contributed by atoms with Gasteiger partial charge in [-0.2, -0.15) is 0 Å². The van der Waals surface area contributed by atoms with Crippen molar-refractivity contribution in [3.8, 4) is 11.5 Å². The summed E-state index contributed by atoms with van der Waals surface area (Å²) in [5.74, 6) is 0.621. The van der Waals surface area contributed by atoms with Crippen LogP contribution in [-0.4, -0.2) is 59.9 Å². The smallest absolute Gasteiger partial charge is 0.477 e. The highest BCUT2D eigenvalue weighted by Gasteiger charge is 2.72. The monoisotopic (exact) mass is 385 g/mol. The zero-order valence-electron chi connectivity index (χ0n) is 15.8. The van der Waals surface area contributed by atoms with Crippen molar-refractivity contribution in [3.63, 3.8) is 0 Å². The lowest BCUT2D eigenvalue weighted by atomic mass is 9.49. The number of ketones is 1. The van der Waals surface area contributed by atoms with E-state index in [9.17, 15) is 14.7 Å². The molecule has 1 saturated heterocycles. The first-order valence-corrected chi connectivity index (χ1v) is 9.66. The number of ether oxygens (including phenoxy) is 3. The molecular formula is C21H23NO6. The molecule has 1 saturated carbocycles. The zero-order valence-corrected chi connectivity index (χ0v) is 15.8. The number of likely N-dealkylation sites (N-methyl/N-ethyl adjacent to an activating group) is 1. The maximum Gasteiger partial charge on any atom is 0.514 e. The molecule has 2 aliphatic heterocycles. The molecule has 1 aromatic carbocycles. The van der Waals surface area contributed by atoms with E-state index in [1.165, 1.54) is 6.08 Å². The summed E-state index contributed by atoms with van der Waals surface area (Å²) in [6, 6.07) is 3.53. The number of likely N-dealkylation sites (tertiary alicyclic amines) is 1. The van der Waals surface area contributed by atoms with E-state index in [2.05, 4.69) is 11.5 Å². The van der Waals surface area contributed by atoms with Gasteiger partial charge in [-0.15, -0.1) is 0 Å². The predicted octanol–water partition coefficient (Wildman–Crippen LogP) is 1.74. The van der Waals surface area contributed by atoms with Gasteiger partial charge >= 0.3 is 6.16 Å². The second kappa shape index (κ2) is 5.81. The van der Waals surface area contributed by atoms with Gasteiger partial charge in [0.15, 0.2) is 23.4 Å². The van der Waals surface area contributed by atoms with Crippen molar-refractivity contribution >= 4 is 11.9 Å². The molecule has 1 spiro atoms. The number of carbonyl (C=O) groups excluding carboxylic acids is 2. The number of rotatable bonds is 3. The van der Waals surface area contributed by atoms with Gasteiger partial charge in [-0.25, -0.2) is 4.79 Å². The number of hydrogen-bond donors (Lipinski definition) is 1. The second-order valence-electron chi connectivity index (χ2n) is 8.19. The minimum Gasteiger partial charge on any atom is -0.477 e. The molecule has 0 radical (unpaired) electrons. The molecule has 0 aromatic heterocycles. The van der Waals surface area contributed by atoms with Crippen molar-refractivity contribution in [3.05, 3.63) is 35.9 Å². The fourth-order valence-electron chi connectivity index (χ4n) is 5.85. The maximum absolute atomic E-state index is 12.8. The van der Waals surface area contributed by atoms with Crippen LogP contribution >= 0.6 is 0 Å². The first-order chi connectivity index (χ1) is 13.4. The normalized spacial score (nSPS) is 35.0. The summed E-state index contributed by atoms with van der Waals surface area (Å²) >= 11 is 0. The SMILES string of the molecule is C=CCOC(=O)Oc1ccc2c3c1O[C@H]1C(=O)CC[C@@]4(O)[C@@H](C2)N(C)CC[C@]314. The predicted molar refractivity (Wildman–Crippen MR) is 98.6 cm³/mol. The Bertz CT molecular complexity index is 897. The van der Waals surface area contributed by atoms with Gasteiger partial charge in [-0.05, 0) is 44.5 Å². The van der Waals surface area contributed by atoms with Gasteiger partial charge in [0.2, 0.25) is 0 Å². The average Bonchev–Trinajstić information content (AvgIpc) is 3.03. The minimum atomic E-state index is -1.04. The van der Waals surface area contributed by atoms with E-state index < -0.39 is 23.3 Å². The van der Waals surface area contributed by atoms with Crippen LogP contribution in [0.4, 0.5) is 4.79 Å². The zero-order chi connectivity index (χ0) is 19.7. The van der Waals surface area contributed by atoms with Gasteiger partial charge in [-0.3, -0.25) is 4.79 Å². The molecule has 2 heterocycles.